The van der Waals surface area contributed by atoms with E-state index in [9.17, 15) is 9.18 Å². The number of aromatic nitrogens is 1. The SMILES string of the molecule is CN(C(=O)C1CC1)c1nc(-c2ccc(F)cc2)cs1. The van der Waals surface area contributed by atoms with Crippen molar-refractivity contribution < 1.29 is 9.18 Å². The van der Waals surface area contributed by atoms with Crippen LogP contribution >= 0.6 is 11.3 Å². The molecule has 0 bridgehead atoms. The van der Waals surface area contributed by atoms with E-state index in [4.69, 9.17) is 0 Å². The minimum absolute atomic E-state index is 0.139. The van der Waals surface area contributed by atoms with Crippen LogP contribution in [-0.2, 0) is 4.79 Å². The first-order valence-electron chi connectivity index (χ1n) is 6.14. The molecule has 3 rings (SSSR count). The molecular weight excluding hydrogens is 263 g/mol. The fourth-order valence-corrected chi connectivity index (χ4v) is 2.67. The minimum Gasteiger partial charge on any atom is -0.291 e. The normalized spacial score (nSPS) is 14.4. The third-order valence-corrected chi connectivity index (χ3v) is 4.09. The van der Waals surface area contributed by atoms with E-state index in [1.807, 2.05) is 5.38 Å². The van der Waals surface area contributed by atoms with Gasteiger partial charge in [0.15, 0.2) is 5.13 Å². The number of benzene rings is 1. The summed E-state index contributed by atoms with van der Waals surface area (Å²) in [5, 5.41) is 2.58. The summed E-state index contributed by atoms with van der Waals surface area (Å²) in [5.74, 6) is 0.0587. The zero-order chi connectivity index (χ0) is 13.4. The molecule has 1 aliphatic rings. The molecule has 1 aliphatic carbocycles. The lowest BCUT2D eigenvalue weighted by atomic mass is 10.2. The third-order valence-electron chi connectivity index (χ3n) is 3.18. The zero-order valence-corrected chi connectivity index (χ0v) is 11.3. The van der Waals surface area contributed by atoms with Gasteiger partial charge in [-0.3, -0.25) is 9.69 Å². The van der Waals surface area contributed by atoms with Gasteiger partial charge in [0.05, 0.1) is 5.69 Å². The molecule has 3 nitrogen and oxygen atoms in total. The molecule has 5 heteroatoms. The van der Waals surface area contributed by atoms with Crippen LogP contribution in [0.2, 0.25) is 0 Å². The maximum absolute atomic E-state index is 12.9. The molecule has 1 fully saturated rings. The van der Waals surface area contributed by atoms with Crippen molar-refractivity contribution in [1.82, 2.24) is 4.98 Å². The van der Waals surface area contributed by atoms with Crippen molar-refractivity contribution in [2.24, 2.45) is 5.92 Å². The molecule has 2 aromatic rings. The van der Waals surface area contributed by atoms with E-state index in [1.165, 1.54) is 23.5 Å². The van der Waals surface area contributed by atoms with Gasteiger partial charge in [0.25, 0.3) is 0 Å². The van der Waals surface area contributed by atoms with Gasteiger partial charge < -0.3 is 0 Å². The van der Waals surface area contributed by atoms with Gasteiger partial charge in [-0.05, 0) is 37.1 Å². The van der Waals surface area contributed by atoms with Gasteiger partial charge in [-0.25, -0.2) is 9.37 Å². The van der Waals surface area contributed by atoms with Crippen molar-refractivity contribution in [3.8, 4) is 11.3 Å². The van der Waals surface area contributed by atoms with Gasteiger partial charge >= 0.3 is 0 Å². The first-order chi connectivity index (χ1) is 9.15. The van der Waals surface area contributed by atoms with Crippen LogP contribution in [0.3, 0.4) is 0 Å². The smallest absolute Gasteiger partial charge is 0.231 e. The second kappa shape index (κ2) is 4.74. The van der Waals surface area contributed by atoms with E-state index in [0.717, 1.165) is 24.1 Å². The summed E-state index contributed by atoms with van der Waals surface area (Å²) in [7, 11) is 1.76. The Morgan fingerprint density at radius 3 is 2.68 bits per heavy atom. The Labute approximate surface area is 114 Å². The van der Waals surface area contributed by atoms with Crippen LogP contribution in [-0.4, -0.2) is 17.9 Å². The summed E-state index contributed by atoms with van der Waals surface area (Å²) < 4.78 is 12.9. The molecule has 0 aliphatic heterocycles. The van der Waals surface area contributed by atoms with Crippen molar-refractivity contribution in [1.29, 1.82) is 0 Å². The number of carbonyl (C=O) groups is 1. The summed E-state index contributed by atoms with van der Waals surface area (Å²) in [4.78, 5) is 18.0. The maximum Gasteiger partial charge on any atom is 0.231 e. The number of hydrogen-bond acceptors (Lipinski definition) is 3. The summed E-state index contributed by atoms with van der Waals surface area (Å²) in [6, 6.07) is 6.20. The number of hydrogen-bond donors (Lipinski definition) is 0. The second-order valence-corrected chi connectivity index (χ2v) is 5.53. The molecule has 0 spiro atoms. The molecule has 1 amide bonds. The number of carbonyl (C=O) groups excluding carboxylic acids is 1. The monoisotopic (exact) mass is 276 g/mol. The first kappa shape index (κ1) is 12.3. The highest BCUT2D eigenvalue weighted by atomic mass is 32.1. The lowest BCUT2D eigenvalue weighted by molar-refractivity contribution is -0.119. The van der Waals surface area contributed by atoms with E-state index in [0.29, 0.717) is 5.13 Å². The molecule has 1 aromatic carbocycles. The van der Waals surface area contributed by atoms with E-state index in [1.54, 1.807) is 24.1 Å². The third kappa shape index (κ3) is 2.51. The van der Waals surface area contributed by atoms with E-state index in [-0.39, 0.29) is 17.6 Å². The van der Waals surface area contributed by atoms with Gasteiger partial charge in [0.1, 0.15) is 5.82 Å². The number of amides is 1. The lowest BCUT2D eigenvalue weighted by Gasteiger charge is -2.12. The van der Waals surface area contributed by atoms with Crippen LogP contribution in [0, 0.1) is 11.7 Å². The number of halogens is 1. The molecule has 1 heterocycles. The fraction of sp³-hybridized carbons (Fsp3) is 0.286. The summed E-state index contributed by atoms with van der Waals surface area (Å²) in [6.07, 6.45) is 1.97. The Bertz CT molecular complexity index is 604. The predicted molar refractivity (Wildman–Crippen MR) is 73.6 cm³/mol. The Kier molecular flexibility index (Phi) is 3.06. The van der Waals surface area contributed by atoms with Crippen LogP contribution in [0.4, 0.5) is 9.52 Å². The highest BCUT2D eigenvalue weighted by Crippen LogP contribution is 2.34. The largest absolute Gasteiger partial charge is 0.291 e. The highest BCUT2D eigenvalue weighted by molar-refractivity contribution is 7.14. The molecule has 0 atom stereocenters. The number of thiazole rings is 1. The average molecular weight is 276 g/mol. The van der Waals surface area contributed by atoms with Gasteiger partial charge in [0.2, 0.25) is 5.91 Å². The van der Waals surface area contributed by atoms with Crippen molar-refractivity contribution in [3.63, 3.8) is 0 Å². The Morgan fingerprint density at radius 2 is 2.05 bits per heavy atom. The van der Waals surface area contributed by atoms with E-state index in [2.05, 4.69) is 4.98 Å². The molecule has 0 saturated heterocycles. The number of rotatable bonds is 3. The molecule has 98 valence electrons. The van der Waals surface area contributed by atoms with Crippen LogP contribution < -0.4 is 4.90 Å². The Hall–Kier alpha value is -1.75. The van der Waals surface area contributed by atoms with Crippen molar-refractivity contribution in [3.05, 3.63) is 35.5 Å². The standard InChI is InChI=1S/C14H13FN2OS/c1-17(13(18)10-2-3-10)14-16-12(8-19-14)9-4-6-11(15)7-5-9/h4-8,10H,2-3H2,1H3. The van der Waals surface area contributed by atoms with Gasteiger partial charge in [-0.1, -0.05) is 0 Å². The van der Waals surface area contributed by atoms with Crippen molar-refractivity contribution >= 4 is 22.4 Å². The number of anilines is 1. The fourth-order valence-electron chi connectivity index (χ4n) is 1.87. The molecule has 19 heavy (non-hydrogen) atoms. The van der Waals surface area contributed by atoms with Gasteiger partial charge in [-0.2, -0.15) is 0 Å². The van der Waals surface area contributed by atoms with Crippen LogP contribution in [0.15, 0.2) is 29.6 Å². The van der Waals surface area contributed by atoms with E-state index < -0.39 is 0 Å². The van der Waals surface area contributed by atoms with Crippen molar-refractivity contribution in [2.75, 3.05) is 11.9 Å². The van der Waals surface area contributed by atoms with Crippen LogP contribution in [0.1, 0.15) is 12.8 Å². The molecule has 0 radical (unpaired) electrons. The molecule has 1 aromatic heterocycles. The zero-order valence-electron chi connectivity index (χ0n) is 10.5. The highest BCUT2D eigenvalue weighted by Gasteiger charge is 2.33. The maximum atomic E-state index is 12.9. The Balaban J connectivity index is 1.82. The first-order valence-corrected chi connectivity index (χ1v) is 7.02. The average Bonchev–Trinajstić information content (AvgIpc) is 3.16. The summed E-state index contributed by atoms with van der Waals surface area (Å²) in [5.41, 5.74) is 1.63. The van der Waals surface area contributed by atoms with E-state index >= 15 is 0 Å². The van der Waals surface area contributed by atoms with Crippen molar-refractivity contribution in [2.45, 2.75) is 12.8 Å². The second-order valence-electron chi connectivity index (χ2n) is 4.69. The molecular formula is C14H13FN2OS. The topological polar surface area (TPSA) is 33.2 Å². The van der Waals surface area contributed by atoms with Crippen LogP contribution in [0.5, 0.6) is 0 Å². The minimum atomic E-state index is -0.264. The van der Waals surface area contributed by atoms with Crippen LogP contribution in [0.25, 0.3) is 11.3 Å². The lowest BCUT2D eigenvalue weighted by Crippen LogP contribution is -2.27. The van der Waals surface area contributed by atoms with Gasteiger partial charge in [0, 0.05) is 23.9 Å². The van der Waals surface area contributed by atoms with Gasteiger partial charge in [-0.15, -0.1) is 11.3 Å². The summed E-state index contributed by atoms with van der Waals surface area (Å²) >= 11 is 1.43. The Morgan fingerprint density at radius 1 is 1.37 bits per heavy atom. The predicted octanol–water partition coefficient (Wildman–Crippen LogP) is 3.32. The molecule has 0 unspecified atom stereocenters. The number of nitrogens with zero attached hydrogens (tertiary/aromatic N) is 2. The quantitative estimate of drug-likeness (QED) is 0.861. The molecule has 0 N–H and O–H groups in total. The summed E-state index contributed by atoms with van der Waals surface area (Å²) in [6.45, 7) is 0. The molecule has 1 saturated carbocycles.